The van der Waals surface area contributed by atoms with E-state index in [1.54, 1.807) is 4.90 Å². The molecule has 1 amide bonds. The van der Waals surface area contributed by atoms with Gasteiger partial charge in [-0.15, -0.1) is 0 Å². The van der Waals surface area contributed by atoms with Crippen molar-refractivity contribution in [3.05, 3.63) is 75.6 Å². The van der Waals surface area contributed by atoms with Gasteiger partial charge in [0.25, 0.3) is 11.5 Å². The Kier molecular flexibility index (Phi) is 6.25. The molecule has 9 heteroatoms. The summed E-state index contributed by atoms with van der Waals surface area (Å²) in [5.74, 6) is 1.31. The van der Waals surface area contributed by atoms with Gasteiger partial charge in [0, 0.05) is 37.8 Å². The third kappa shape index (κ3) is 4.90. The van der Waals surface area contributed by atoms with Crippen LogP contribution in [0.15, 0.2) is 53.3 Å². The number of aromatic nitrogens is 3. The Hall–Kier alpha value is -3.72. The summed E-state index contributed by atoms with van der Waals surface area (Å²) in [5, 5.41) is 5.22. The predicted octanol–water partition coefficient (Wildman–Crippen LogP) is 3.47. The highest BCUT2D eigenvalue weighted by molar-refractivity contribution is 7.19. The van der Waals surface area contributed by atoms with Gasteiger partial charge in [-0.1, -0.05) is 58.9 Å². The molecule has 3 heterocycles. The van der Waals surface area contributed by atoms with E-state index < -0.39 is 0 Å². The molecule has 0 saturated carbocycles. The number of fused-ring (bicyclic) bond motifs is 1. The van der Waals surface area contributed by atoms with E-state index in [9.17, 15) is 9.59 Å². The Bertz CT molecular complexity index is 1440. The molecule has 8 nitrogen and oxygen atoms in total. The van der Waals surface area contributed by atoms with E-state index in [-0.39, 0.29) is 18.1 Å². The molecule has 0 atom stereocenters. The number of carbonyl (C=O) groups is 1. The number of rotatable bonds is 5. The summed E-state index contributed by atoms with van der Waals surface area (Å²) < 4.78 is 7.12. The maximum atomic E-state index is 12.7. The van der Waals surface area contributed by atoms with Crippen molar-refractivity contribution < 1.29 is 9.53 Å². The molecule has 2 aromatic carbocycles. The molecule has 1 aliphatic rings. The number of amides is 1. The Balaban J connectivity index is 1.24. The van der Waals surface area contributed by atoms with Crippen LogP contribution < -0.4 is 15.2 Å². The maximum absolute atomic E-state index is 12.7. The maximum Gasteiger partial charge on any atom is 0.277 e. The van der Waals surface area contributed by atoms with Crippen LogP contribution in [0, 0.1) is 20.8 Å². The van der Waals surface area contributed by atoms with Gasteiger partial charge in [0.2, 0.25) is 4.96 Å². The van der Waals surface area contributed by atoms with Crippen LogP contribution in [0.2, 0.25) is 0 Å². The van der Waals surface area contributed by atoms with Gasteiger partial charge in [-0.2, -0.15) is 9.61 Å². The summed E-state index contributed by atoms with van der Waals surface area (Å²) in [5.41, 5.74) is 4.10. The molecule has 1 aliphatic heterocycles. The molecule has 0 spiro atoms. The second kappa shape index (κ2) is 9.50. The lowest BCUT2D eigenvalue weighted by Gasteiger charge is -2.35. The number of hydrogen-bond acceptors (Lipinski definition) is 7. The zero-order valence-electron chi connectivity index (χ0n) is 20.0. The van der Waals surface area contributed by atoms with Gasteiger partial charge in [-0.25, -0.2) is 4.98 Å². The first kappa shape index (κ1) is 23.0. The summed E-state index contributed by atoms with van der Waals surface area (Å²) in [6.07, 6.45) is 0. The van der Waals surface area contributed by atoms with Gasteiger partial charge in [-0.3, -0.25) is 9.59 Å². The lowest BCUT2D eigenvalue weighted by molar-refractivity contribution is -0.133. The van der Waals surface area contributed by atoms with Gasteiger partial charge in [0.15, 0.2) is 6.61 Å². The smallest absolute Gasteiger partial charge is 0.277 e. The van der Waals surface area contributed by atoms with Crippen LogP contribution in [0.3, 0.4) is 0 Å². The van der Waals surface area contributed by atoms with Crippen molar-refractivity contribution in [2.75, 3.05) is 37.7 Å². The average molecular weight is 490 g/mol. The van der Waals surface area contributed by atoms with Gasteiger partial charge in [0.1, 0.15) is 16.6 Å². The quantitative estimate of drug-likeness (QED) is 0.427. The summed E-state index contributed by atoms with van der Waals surface area (Å²) in [7, 11) is 0. The average Bonchev–Trinajstić information content (AvgIpc) is 3.29. The molecule has 0 N–H and O–H groups in total. The monoisotopic (exact) mass is 489 g/mol. The molecule has 4 aromatic rings. The molecule has 2 aromatic heterocycles. The highest BCUT2D eigenvalue weighted by Gasteiger charge is 2.23. The normalized spacial score (nSPS) is 13.9. The zero-order valence-corrected chi connectivity index (χ0v) is 20.8. The van der Waals surface area contributed by atoms with Gasteiger partial charge in [-0.05, 0) is 32.4 Å². The summed E-state index contributed by atoms with van der Waals surface area (Å²) >= 11 is 1.39. The lowest BCUT2D eigenvalue weighted by atomic mass is 10.1. The minimum Gasteiger partial charge on any atom is -0.484 e. The molecule has 0 aliphatic carbocycles. The van der Waals surface area contributed by atoms with E-state index in [0.29, 0.717) is 37.0 Å². The van der Waals surface area contributed by atoms with Gasteiger partial charge < -0.3 is 14.5 Å². The van der Waals surface area contributed by atoms with Gasteiger partial charge >= 0.3 is 0 Å². The second-order valence-electron chi connectivity index (χ2n) is 8.85. The summed E-state index contributed by atoms with van der Waals surface area (Å²) in [6.45, 7) is 8.35. The molecule has 1 fully saturated rings. The highest BCUT2D eigenvalue weighted by Crippen LogP contribution is 2.26. The number of anilines is 1. The van der Waals surface area contributed by atoms with E-state index in [1.807, 2.05) is 68.1 Å². The Morgan fingerprint density at radius 1 is 0.971 bits per heavy atom. The fourth-order valence-corrected chi connectivity index (χ4v) is 5.06. The van der Waals surface area contributed by atoms with E-state index in [4.69, 9.17) is 9.72 Å². The van der Waals surface area contributed by atoms with Crippen molar-refractivity contribution in [3.8, 4) is 16.3 Å². The fourth-order valence-electron chi connectivity index (χ4n) is 4.15. The predicted molar refractivity (Wildman–Crippen MR) is 138 cm³/mol. The first-order valence-electron chi connectivity index (χ1n) is 11.6. The third-order valence-corrected chi connectivity index (χ3v) is 7.13. The van der Waals surface area contributed by atoms with Crippen LogP contribution in [0.4, 0.5) is 5.82 Å². The van der Waals surface area contributed by atoms with Crippen molar-refractivity contribution >= 4 is 28.0 Å². The molecule has 5 rings (SSSR count). The fraction of sp³-hybridized carbons (Fsp3) is 0.308. The topological polar surface area (TPSA) is 80.0 Å². The largest absolute Gasteiger partial charge is 0.484 e. The van der Waals surface area contributed by atoms with Crippen molar-refractivity contribution in [2.24, 2.45) is 0 Å². The van der Waals surface area contributed by atoms with E-state index in [2.05, 4.69) is 5.10 Å². The lowest BCUT2D eigenvalue weighted by Crippen LogP contribution is -2.50. The third-order valence-electron chi connectivity index (χ3n) is 6.17. The minimum atomic E-state index is -0.208. The molecule has 0 unspecified atom stereocenters. The number of nitrogens with zero attached hydrogens (tertiary/aromatic N) is 5. The SMILES string of the molecule is Cc1ccc(-c2nn3c(=O)cc(N4CCN(C(=O)COc5ccc(C)cc5C)CC4)nc3s2)cc1. The highest BCUT2D eigenvalue weighted by atomic mass is 32.1. The van der Waals surface area contributed by atoms with Crippen LogP contribution >= 0.6 is 11.3 Å². The van der Waals surface area contributed by atoms with E-state index >= 15 is 0 Å². The number of aryl methyl sites for hydroxylation is 3. The van der Waals surface area contributed by atoms with E-state index in [0.717, 1.165) is 27.4 Å². The molecular weight excluding hydrogens is 462 g/mol. The van der Waals surface area contributed by atoms with Crippen LogP contribution in [-0.2, 0) is 4.79 Å². The number of ether oxygens (including phenoxy) is 1. The van der Waals surface area contributed by atoms with Crippen molar-refractivity contribution in [2.45, 2.75) is 20.8 Å². The molecule has 0 radical (unpaired) electrons. The van der Waals surface area contributed by atoms with Crippen LogP contribution in [0.25, 0.3) is 15.5 Å². The number of benzene rings is 2. The van der Waals surface area contributed by atoms with Crippen LogP contribution in [0.1, 0.15) is 16.7 Å². The van der Waals surface area contributed by atoms with Crippen molar-refractivity contribution in [3.63, 3.8) is 0 Å². The first-order chi connectivity index (χ1) is 16.9. The zero-order chi connectivity index (χ0) is 24.5. The number of piperazine rings is 1. The van der Waals surface area contributed by atoms with E-state index in [1.165, 1.54) is 27.5 Å². The molecule has 0 bridgehead atoms. The Labute approximate surface area is 207 Å². The second-order valence-corrected chi connectivity index (χ2v) is 9.80. The Morgan fingerprint density at radius 2 is 1.69 bits per heavy atom. The molecule has 1 saturated heterocycles. The standard InChI is InChI=1S/C26H27N5O3S/c1-17-4-7-20(8-5-17)25-28-31-23(32)15-22(27-26(31)35-25)29-10-12-30(13-11-29)24(33)16-34-21-9-6-18(2)14-19(21)3/h4-9,14-15H,10-13,16H2,1-3H3. The van der Waals surface area contributed by atoms with Gasteiger partial charge in [0.05, 0.1) is 0 Å². The minimum absolute atomic E-state index is 0.0120. The Morgan fingerprint density at radius 3 is 2.40 bits per heavy atom. The van der Waals surface area contributed by atoms with Crippen molar-refractivity contribution in [1.82, 2.24) is 19.5 Å². The molecule has 35 heavy (non-hydrogen) atoms. The first-order valence-corrected chi connectivity index (χ1v) is 12.4. The van der Waals surface area contributed by atoms with Crippen LogP contribution in [0.5, 0.6) is 5.75 Å². The number of hydrogen-bond donors (Lipinski definition) is 0. The van der Waals surface area contributed by atoms with Crippen LogP contribution in [-0.4, -0.2) is 58.2 Å². The molecule has 180 valence electrons. The number of carbonyl (C=O) groups excluding carboxylic acids is 1. The summed E-state index contributed by atoms with van der Waals surface area (Å²) in [6, 6.07) is 15.5. The summed E-state index contributed by atoms with van der Waals surface area (Å²) in [4.78, 5) is 34.5. The molecular formula is C26H27N5O3S. The van der Waals surface area contributed by atoms with Crippen molar-refractivity contribution in [1.29, 1.82) is 0 Å².